The Hall–Kier alpha value is -3.13. The smallest absolute Gasteiger partial charge is 0.262 e. The third kappa shape index (κ3) is 4.77. The first kappa shape index (κ1) is 19.6. The van der Waals surface area contributed by atoms with Crippen molar-refractivity contribution in [1.82, 2.24) is 14.9 Å². The van der Waals surface area contributed by atoms with Gasteiger partial charge in [-0.25, -0.2) is 4.39 Å². The summed E-state index contributed by atoms with van der Waals surface area (Å²) in [6.07, 6.45) is 0. The Kier molecular flexibility index (Phi) is 6.10. The molecule has 0 saturated carbocycles. The van der Waals surface area contributed by atoms with E-state index in [-0.39, 0.29) is 22.9 Å². The minimum absolute atomic E-state index is 0.00569. The average Bonchev–Trinajstić information content (AvgIpc) is 2.68. The summed E-state index contributed by atoms with van der Waals surface area (Å²) in [6, 6.07) is 15.6. The third-order valence-electron chi connectivity index (χ3n) is 3.97. The molecule has 0 spiro atoms. The van der Waals surface area contributed by atoms with Crippen molar-refractivity contribution in [2.45, 2.75) is 18.1 Å². The maximum absolute atomic E-state index is 13.2. The van der Waals surface area contributed by atoms with Gasteiger partial charge < -0.3 is 10.4 Å². The Balaban J connectivity index is 1.76. The highest BCUT2D eigenvalue weighted by atomic mass is 32.2. The molecule has 144 valence electrons. The van der Waals surface area contributed by atoms with Crippen molar-refractivity contribution in [2.24, 2.45) is 0 Å². The lowest BCUT2D eigenvalue weighted by Gasteiger charge is -2.15. The normalized spacial score (nSPS) is 11.8. The molecular weight excluding hydrogens is 381 g/mol. The van der Waals surface area contributed by atoms with Crippen LogP contribution in [0.25, 0.3) is 5.69 Å². The second-order valence-corrected chi connectivity index (χ2v) is 6.98. The van der Waals surface area contributed by atoms with Crippen LogP contribution in [0.15, 0.2) is 70.6 Å². The fraction of sp³-hybridized carbons (Fsp3) is 0.150. The van der Waals surface area contributed by atoms with E-state index in [9.17, 15) is 19.1 Å². The zero-order valence-corrected chi connectivity index (χ0v) is 15.8. The van der Waals surface area contributed by atoms with Gasteiger partial charge in [0.1, 0.15) is 5.82 Å². The molecule has 8 heteroatoms. The van der Waals surface area contributed by atoms with Crippen molar-refractivity contribution in [3.8, 4) is 11.6 Å². The van der Waals surface area contributed by atoms with Gasteiger partial charge in [0.05, 0.1) is 23.5 Å². The monoisotopic (exact) mass is 399 g/mol. The topological polar surface area (TPSA) is 84.2 Å². The van der Waals surface area contributed by atoms with Crippen molar-refractivity contribution >= 4 is 17.7 Å². The van der Waals surface area contributed by atoms with Crippen LogP contribution in [-0.2, 0) is 4.79 Å². The molecule has 28 heavy (non-hydrogen) atoms. The number of hydrogen-bond donors (Lipinski definition) is 2. The second-order valence-electron chi connectivity index (χ2n) is 6.04. The van der Waals surface area contributed by atoms with E-state index >= 15 is 0 Å². The minimum Gasteiger partial charge on any atom is -0.493 e. The summed E-state index contributed by atoms with van der Waals surface area (Å²) in [5.41, 5.74) is 0.832. The molecule has 0 aliphatic carbocycles. The number of rotatable bonds is 6. The van der Waals surface area contributed by atoms with E-state index < -0.39 is 17.3 Å². The lowest BCUT2D eigenvalue weighted by Crippen LogP contribution is -2.28. The van der Waals surface area contributed by atoms with E-state index in [1.807, 2.05) is 37.3 Å². The van der Waals surface area contributed by atoms with Gasteiger partial charge in [-0.1, -0.05) is 42.1 Å². The van der Waals surface area contributed by atoms with Crippen LogP contribution < -0.4 is 10.9 Å². The van der Waals surface area contributed by atoms with Gasteiger partial charge in [0.2, 0.25) is 11.8 Å². The van der Waals surface area contributed by atoms with E-state index in [1.54, 1.807) is 0 Å². The van der Waals surface area contributed by atoms with Crippen LogP contribution in [0.1, 0.15) is 18.5 Å². The lowest BCUT2D eigenvalue weighted by molar-refractivity contribution is -0.119. The molecule has 0 bridgehead atoms. The number of carbonyl (C=O) groups excluding carboxylic acids is 1. The number of benzene rings is 2. The number of amides is 1. The summed E-state index contributed by atoms with van der Waals surface area (Å²) >= 11 is 1.01. The summed E-state index contributed by atoms with van der Waals surface area (Å²) in [7, 11) is 0. The van der Waals surface area contributed by atoms with Crippen LogP contribution in [0, 0.1) is 5.82 Å². The molecule has 1 heterocycles. The van der Waals surface area contributed by atoms with Crippen molar-refractivity contribution < 1.29 is 14.3 Å². The zero-order valence-electron chi connectivity index (χ0n) is 15.0. The van der Waals surface area contributed by atoms with Crippen LogP contribution in [0.2, 0.25) is 0 Å². The quantitative estimate of drug-likeness (QED) is 0.492. The predicted molar refractivity (Wildman–Crippen MR) is 105 cm³/mol. The van der Waals surface area contributed by atoms with Gasteiger partial charge >= 0.3 is 0 Å². The van der Waals surface area contributed by atoms with E-state index in [0.717, 1.165) is 23.4 Å². The fourth-order valence-electron chi connectivity index (χ4n) is 2.61. The van der Waals surface area contributed by atoms with Crippen molar-refractivity contribution in [3.63, 3.8) is 0 Å². The van der Waals surface area contributed by atoms with Crippen LogP contribution in [-0.4, -0.2) is 26.3 Å². The largest absolute Gasteiger partial charge is 0.493 e. The van der Waals surface area contributed by atoms with Crippen molar-refractivity contribution in [2.75, 3.05) is 5.75 Å². The van der Waals surface area contributed by atoms with Crippen LogP contribution >= 0.6 is 11.8 Å². The molecular formula is C20H18FN3O3S. The third-order valence-corrected chi connectivity index (χ3v) is 4.91. The maximum atomic E-state index is 13.2. The van der Waals surface area contributed by atoms with Crippen LogP contribution in [0.5, 0.6) is 5.88 Å². The molecule has 3 aromatic rings. The Labute approximate surface area is 165 Å². The average molecular weight is 399 g/mol. The van der Waals surface area contributed by atoms with Gasteiger partial charge in [0.25, 0.3) is 5.56 Å². The van der Waals surface area contributed by atoms with Crippen LogP contribution in [0.4, 0.5) is 4.39 Å². The minimum atomic E-state index is -0.528. The number of halogens is 1. The van der Waals surface area contributed by atoms with E-state index in [1.165, 1.54) is 28.8 Å². The lowest BCUT2D eigenvalue weighted by atomic mass is 10.1. The number of nitrogens with zero attached hydrogens (tertiary/aromatic N) is 2. The number of aromatic hydroxyl groups is 1. The molecule has 0 aliphatic rings. The number of thioether (sulfide) groups is 1. The van der Waals surface area contributed by atoms with E-state index in [4.69, 9.17) is 0 Å². The summed E-state index contributed by atoms with van der Waals surface area (Å²) in [4.78, 5) is 28.6. The first-order chi connectivity index (χ1) is 13.4. The highest BCUT2D eigenvalue weighted by Gasteiger charge is 2.15. The molecule has 1 atom stereocenters. The number of nitrogens with one attached hydrogen (secondary N) is 1. The maximum Gasteiger partial charge on any atom is 0.262 e. The van der Waals surface area contributed by atoms with Gasteiger partial charge in [-0.15, -0.1) is 0 Å². The number of carbonyl (C=O) groups is 1. The molecule has 0 saturated heterocycles. The summed E-state index contributed by atoms with van der Waals surface area (Å²) in [6.45, 7) is 1.87. The zero-order chi connectivity index (χ0) is 20.1. The Morgan fingerprint density at radius 3 is 2.57 bits per heavy atom. The summed E-state index contributed by atoms with van der Waals surface area (Å²) in [5, 5.41) is 12.7. The molecule has 0 aliphatic heterocycles. The molecule has 0 radical (unpaired) electrons. The Morgan fingerprint density at radius 1 is 1.21 bits per heavy atom. The van der Waals surface area contributed by atoms with Gasteiger partial charge in [0.15, 0.2) is 5.16 Å². The Bertz CT molecular complexity index is 1020. The van der Waals surface area contributed by atoms with Gasteiger partial charge in [-0.3, -0.25) is 14.2 Å². The SMILES string of the molecule is C[C@H](NC(=O)CSc1nc(O)cc(=O)n1-c1ccc(F)cc1)c1ccccc1. The molecule has 0 fully saturated rings. The first-order valence-electron chi connectivity index (χ1n) is 8.50. The molecule has 6 nitrogen and oxygen atoms in total. The Morgan fingerprint density at radius 2 is 1.89 bits per heavy atom. The molecule has 1 amide bonds. The number of aromatic nitrogens is 2. The fourth-order valence-corrected chi connectivity index (χ4v) is 3.44. The molecule has 3 rings (SSSR count). The molecule has 2 aromatic carbocycles. The van der Waals surface area contributed by atoms with Gasteiger partial charge in [-0.05, 0) is 36.8 Å². The predicted octanol–water partition coefficient (Wildman–Crippen LogP) is 3.05. The number of hydrogen-bond acceptors (Lipinski definition) is 5. The standard InChI is InChI=1S/C20H18FN3O3S/c1-13(14-5-3-2-4-6-14)22-18(26)12-28-20-23-17(25)11-19(27)24(20)16-9-7-15(21)8-10-16/h2-11,13,25H,12H2,1H3,(H,22,26)/t13-/m0/s1. The van der Waals surface area contributed by atoms with Crippen molar-refractivity contribution in [3.05, 3.63) is 82.4 Å². The van der Waals surface area contributed by atoms with Gasteiger partial charge in [-0.2, -0.15) is 4.98 Å². The van der Waals surface area contributed by atoms with Crippen LogP contribution in [0.3, 0.4) is 0 Å². The van der Waals surface area contributed by atoms with Crippen molar-refractivity contribution in [1.29, 1.82) is 0 Å². The second kappa shape index (κ2) is 8.71. The summed E-state index contributed by atoms with van der Waals surface area (Å²) in [5.74, 6) is -1.13. The highest BCUT2D eigenvalue weighted by molar-refractivity contribution is 7.99. The van der Waals surface area contributed by atoms with Gasteiger partial charge in [0, 0.05) is 0 Å². The highest BCUT2D eigenvalue weighted by Crippen LogP contribution is 2.21. The molecule has 2 N–H and O–H groups in total. The molecule has 0 unspecified atom stereocenters. The first-order valence-corrected chi connectivity index (χ1v) is 9.48. The van der Waals surface area contributed by atoms with E-state index in [0.29, 0.717) is 5.69 Å². The van der Waals surface area contributed by atoms with E-state index in [2.05, 4.69) is 10.3 Å². The summed E-state index contributed by atoms with van der Waals surface area (Å²) < 4.78 is 14.4. The molecule has 1 aromatic heterocycles.